The zero-order chi connectivity index (χ0) is 13.4. The van der Waals surface area contributed by atoms with Crippen molar-refractivity contribution in [3.05, 3.63) is 35.2 Å². The third-order valence-electron chi connectivity index (χ3n) is 3.26. The van der Waals surface area contributed by atoms with Gasteiger partial charge in [-0.15, -0.1) is 0 Å². The maximum Gasteiger partial charge on any atom is 0.234 e. The lowest BCUT2D eigenvalue weighted by Gasteiger charge is -2.21. The van der Waals surface area contributed by atoms with Crippen LogP contribution < -0.4 is 5.32 Å². The van der Waals surface area contributed by atoms with E-state index in [-0.39, 0.29) is 17.7 Å². The lowest BCUT2D eigenvalue weighted by molar-refractivity contribution is -0.134. The van der Waals surface area contributed by atoms with Crippen LogP contribution in [0, 0.1) is 0 Å². The molecule has 0 aliphatic carbocycles. The van der Waals surface area contributed by atoms with Crippen molar-refractivity contribution in [1.82, 2.24) is 15.3 Å². The number of fused-ring (bicyclic) bond motifs is 1. The van der Waals surface area contributed by atoms with E-state index in [1.807, 2.05) is 18.2 Å². The van der Waals surface area contributed by atoms with Crippen molar-refractivity contribution in [3.63, 3.8) is 0 Å². The quantitative estimate of drug-likeness (QED) is 0.636. The molecule has 6 heteroatoms. The lowest BCUT2D eigenvalue weighted by Crippen LogP contribution is -2.39. The van der Waals surface area contributed by atoms with Crippen LogP contribution in [0.5, 0.6) is 0 Å². The second kappa shape index (κ2) is 4.59. The van der Waals surface area contributed by atoms with Crippen LogP contribution in [-0.4, -0.2) is 21.8 Å². The molecule has 2 aromatic rings. The van der Waals surface area contributed by atoms with Gasteiger partial charge in [-0.2, -0.15) is 0 Å². The van der Waals surface area contributed by atoms with Crippen LogP contribution in [0.1, 0.15) is 24.3 Å². The zero-order valence-electron chi connectivity index (χ0n) is 9.89. The number of carbonyl (C=O) groups excluding carboxylic acids is 2. The molecule has 96 valence electrons. The number of benzene rings is 1. The Morgan fingerprint density at radius 2 is 2.11 bits per heavy atom. The molecule has 1 N–H and O–H groups in total. The minimum absolute atomic E-state index is 0.228. The first-order valence-corrected chi connectivity index (χ1v) is 6.27. The largest absolute Gasteiger partial charge is 0.296 e. The van der Waals surface area contributed by atoms with Gasteiger partial charge in [0.15, 0.2) is 0 Å². The van der Waals surface area contributed by atoms with Crippen molar-refractivity contribution in [2.45, 2.75) is 18.8 Å². The van der Waals surface area contributed by atoms with E-state index in [9.17, 15) is 9.59 Å². The molecule has 0 bridgehead atoms. The van der Waals surface area contributed by atoms with Crippen molar-refractivity contribution in [2.24, 2.45) is 0 Å². The molecule has 1 aromatic carbocycles. The predicted molar refractivity (Wildman–Crippen MR) is 69.7 cm³/mol. The molecular formula is C13H10ClN3O2. The van der Waals surface area contributed by atoms with E-state index in [4.69, 9.17) is 11.6 Å². The van der Waals surface area contributed by atoms with Gasteiger partial charge in [0.2, 0.25) is 11.8 Å². The SMILES string of the molecule is O=C1CCC(c2cccc3c(Cl)ncnc23)C(=O)N1. The summed E-state index contributed by atoms with van der Waals surface area (Å²) in [6.07, 6.45) is 2.21. The summed E-state index contributed by atoms with van der Waals surface area (Å²) in [6.45, 7) is 0. The Morgan fingerprint density at radius 1 is 1.26 bits per heavy atom. The summed E-state index contributed by atoms with van der Waals surface area (Å²) in [6, 6.07) is 5.47. The Hall–Kier alpha value is -2.01. The lowest BCUT2D eigenvalue weighted by atomic mass is 9.89. The van der Waals surface area contributed by atoms with E-state index in [0.29, 0.717) is 28.9 Å². The Kier molecular flexibility index (Phi) is 2.91. The fourth-order valence-electron chi connectivity index (χ4n) is 2.35. The molecule has 2 heterocycles. The van der Waals surface area contributed by atoms with Crippen LogP contribution in [0.4, 0.5) is 0 Å². The van der Waals surface area contributed by atoms with Crippen LogP contribution in [0.15, 0.2) is 24.5 Å². The summed E-state index contributed by atoms with van der Waals surface area (Å²) in [5.41, 5.74) is 1.45. The van der Waals surface area contributed by atoms with Crippen LogP contribution >= 0.6 is 11.6 Å². The molecule has 1 unspecified atom stereocenters. The fraction of sp³-hybridized carbons (Fsp3) is 0.231. The summed E-state index contributed by atoms with van der Waals surface area (Å²) in [5.74, 6) is -0.875. The van der Waals surface area contributed by atoms with Crippen LogP contribution in [0.3, 0.4) is 0 Å². The average Bonchev–Trinajstić information content (AvgIpc) is 2.39. The van der Waals surface area contributed by atoms with Crippen LogP contribution in [0.2, 0.25) is 5.15 Å². The third kappa shape index (κ3) is 2.06. The minimum Gasteiger partial charge on any atom is -0.296 e. The summed E-state index contributed by atoms with van der Waals surface area (Å²) in [5, 5.41) is 3.43. The molecule has 5 nitrogen and oxygen atoms in total. The predicted octanol–water partition coefficient (Wildman–Crippen LogP) is 1.80. The number of hydrogen-bond acceptors (Lipinski definition) is 4. The number of carbonyl (C=O) groups is 2. The Morgan fingerprint density at radius 3 is 2.89 bits per heavy atom. The second-order valence-electron chi connectivity index (χ2n) is 4.41. The van der Waals surface area contributed by atoms with E-state index >= 15 is 0 Å². The number of para-hydroxylation sites is 1. The standard InChI is InChI=1S/C13H10ClN3O2/c14-12-9-3-1-2-7(11(9)15-6-16-12)8-4-5-10(18)17-13(8)19/h1-3,6,8H,4-5H2,(H,17,18,19). The molecule has 1 saturated heterocycles. The number of nitrogens with one attached hydrogen (secondary N) is 1. The van der Waals surface area contributed by atoms with Gasteiger partial charge in [0.05, 0.1) is 11.4 Å². The number of rotatable bonds is 1. The number of aromatic nitrogens is 2. The van der Waals surface area contributed by atoms with Crippen molar-refractivity contribution in [1.29, 1.82) is 0 Å². The topological polar surface area (TPSA) is 72.0 Å². The third-order valence-corrected chi connectivity index (χ3v) is 3.56. The van der Waals surface area contributed by atoms with Gasteiger partial charge >= 0.3 is 0 Å². The zero-order valence-corrected chi connectivity index (χ0v) is 10.6. The molecule has 1 aliphatic heterocycles. The summed E-state index contributed by atoms with van der Waals surface area (Å²) < 4.78 is 0. The van der Waals surface area contributed by atoms with E-state index < -0.39 is 0 Å². The molecule has 3 rings (SSSR count). The molecule has 19 heavy (non-hydrogen) atoms. The van der Waals surface area contributed by atoms with Gasteiger partial charge in [-0.3, -0.25) is 14.9 Å². The maximum atomic E-state index is 11.9. The normalized spacial score (nSPS) is 19.5. The molecule has 0 spiro atoms. The monoisotopic (exact) mass is 275 g/mol. The maximum absolute atomic E-state index is 11.9. The van der Waals surface area contributed by atoms with E-state index in [0.717, 1.165) is 5.56 Å². The first kappa shape index (κ1) is 12.0. The van der Waals surface area contributed by atoms with Crippen molar-refractivity contribution < 1.29 is 9.59 Å². The van der Waals surface area contributed by atoms with Gasteiger partial charge in [-0.25, -0.2) is 9.97 Å². The molecular weight excluding hydrogens is 266 g/mol. The summed E-state index contributed by atoms with van der Waals surface area (Å²) in [4.78, 5) is 31.2. The summed E-state index contributed by atoms with van der Waals surface area (Å²) in [7, 11) is 0. The smallest absolute Gasteiger partial charge is 0.234 e. The molecule has 1 fully saturated rings. The number of nitrogens with zero attached hydrogens (tertiary/aromatic N) is 2. The molecule has 0 saturated carbocycles. The first-order chi connectivity index (χ1) is 9.16. The highest BCUT2D eigenvalue weighted by molar-refractivity contribution is 6.34. The van der Waals surface area contributed by atoms with Crippen LogP contribution in [-0.2, 0) is 9.59 Å². The summed E-state index contributed by atoms with van der Waals surface area (Å²) >= 11 is 6.02. The average molecular weight is 276 g/mol. The Balaban J connectivity index is 2.13. The Bertz CT molecular complexity index is 687. The molecule has 1 aromatic heterocycles. The molecule has 1 atom stereocenters. The van der Waals surface area contributed by atoms with E-state index in [2.05, 4.69) is 15.3 Å². The van der Waals surface area contributed by atoms with Crippen molar-refractivity contribution in [3.8, 4) is 0 Å². The van der Waals surface area contributed by atoms with E-state index in [1.54, 1.807) is 0 Å². The first-order valence-electron chi connectivity index (χ1n) is 5.89. The van der Waals surface area contributed by atoms with Crippen molar-refractivity contribution in [2.75, 3.05) is 0 Å². The number of piperidine rings is 1. The Labute approximate surface area is 114 Å². The second-order valence-corrected chi connectivity index (χ2v) is 4.77. The van der Waals surface area contributed by atoms with Crippen LogP contribution in [0.25, 0.3) is 10.9 Å². The van der Waals surface area contributed by atoms with Gasteiger partial charge in [-0.1, -0.05) is 23.7 Å². The molecule has 0 radical (unpaired) electrons. The molecule has 2 amide bonds. The van der Waals surface area contributed by atoms with Gasteiger partial charge < -0.3 is 0 Å². The number of hydrogen-bond donors (Lipinski definition) is 1. The number of halogens is 1. The molecule has 1 aliphatic rings. The van der Waals surface area contributed by atoms with Gasteiger partial charge in [0, 0.05) is 11.8 Å². The number of amides is 2. The van der Waals surface area contributed by atoms with Gasteiger partial charge in [-0.05, 0) is 18.1 Å². The highest BCUT2D eigenvalue weighted by atomic mass is 35.5. The minimum atomic E-state index is -0.368. The number of imide groups is 1. The highest BCUT2D eigenvalue weighted by Crippen LogP contribution is 2.31. The highest BCUT2D eigenvalue weighted by Gasteiger charge is 2.29. The fourth-order valence-corrected chi connectivity index (χ4v) is 2.55. The van der Waals surface area contributed by atoms with Crippen molar-refractivity contribution >= 4 is 34.3 Å². The van der Waals surface area contributed by atoms with E-state index in [1.165, 1.54) is 6.33 Å². The van der Waals surface area contributed by atoms with Gasteiger partial charge in [0.1, 0.15) is 11.5 Å². The van der Waals surface area contributed by atoms with Gasteiger partial charge in [0.25, 0.3) is 0 Å².